The van der Waals surface area contributed by atoms with E-state index in [9.17, 15) is 0 Å². The van der Waals surface area contributed by atoms with Crippen molar-refractivity contribution in [3.8, 4) is 6.07 Å². The molecule has 0 unspecified atom stereocenters. The quantitative estimate of drug-likeness (QED) is 0.370. The van der Waals surface area contributed by atoms with Gasteiger partial charge in [0.1, 0.15) is 6.10 Å². The van der Waals surface area contributed by atoms with Crippen molar-refractivity contribution in [3.63, 3.8) is 0 Å². The Morgan fingerprint density at radius 3 is 2.89 bits per heavy atom. The first-order chi connectivity index (χ1) is 13.3. The summed E-state index contributed by atoms with van der Waals surface area (Å²) in [5, 5.41) is 11.1. The number of nitrogens with zero attached hydrogens (tertiary/aromatic N) is 2. The van der Waals surface area contributed by atoms with Gasteiger partial charge in [0.25, 0.3) is 0 Å². The molecule has 3 rings (SSSR count). The van der Waals surface area contributed by atoms with Crippen LogP contribution < -0.4 is 0 Å². The Morgan fingerprint density at radius 1 is 1.26 bits per heavy atom. The molecule has 146 valence electrons. The standard InChI is InChI=1S/C24H34N2O/c1-2-3-7-15-22-16-12-18-24(17-10-4-5-11-19-25)20-23(27-26(22)24)21-13-8-6-9-14-21/h5-6,8-9,11,13-14,22-23H,2-4,7,10,12,15-18,20H2,1H3/b11-5-/t22-,23-,24+/m1/s1. The molecule has 0 saturated carbocycles. The van der Waals surface area contributed by atoms with Gasteiger partial charge in [-0.25, -0.2) is 0 Å². The molecule has 2 heterocycles. The zero-order chi connectivity index (χ0) is 19.0. The number of fused-ring (bicyclic) bond motifs is 1. The van der Waals surface area contributed by atoms with Crippen molar-refractivity contribution in [2.24, 2.45) is 0 Å². The average Bonchev–Trinajstić information content (AvgIpc) is 3.09. The van der Waals surface area contributed by atoms with Crippen LogP contribution in [0.1, 0.15) is 89.2 Å². The third-order valence-corrected chi connectivity index (χ3v) is 6.30. The molecule has 0 amide bonds. The number of hydrogen-bond acceptors (Lipinski definition) is 3. The van der Waals surface area contributed by atoms with Crippen LogP contribution in [0.25, 0.3) is 0 Å². The Labute approximate surface area is 165 Å². The minimum atomic E-state index is 0.177. The van der Waals surface area contributed by atoms with E-state index in [2.05, 4.69) is 48.4 Å². The smallest absolute Gasteiger partial charge is 0.106 e. The summed E-state index contributed by atoms with van der Waals surface area (Å²) >= 11 is 0. The highest BCUT2D eigenvalue weighted by molar-refractivity contribution is 5.20. The van der Waals surface area contributed by atoms with Crippen molar-refractivity contribution in [1.29, 1.82) is 5.26 Å². The van der Waals surface area contributed by atoms with Crippen LogP contribution in [0, 0.1) is 11.3 Å². The van der Waals surface area contributed by atoms with Crippen LogP contribution in [0.2, 0.25) is 0 Å². The zero-order valence-electron chi connectivity index (χ0n) is 16.8. The summed E-state index contributed by atoms with van der Waals surface area (Å²) in [7, 11) is 0. The lowest BCUT2D eigenvalue weighted by Gasteiger charge is -2.45. The van der Waals surface area contributed by atoms with Gasteiger partial charge in [-0.15, -0.1) is 0 Å². The van der Waals surface area contributed by atoms with Gasteiger partial charge in [-0.2, -0.15) is 10.3 Å². The second-order valence-corrected chi connectivity index (χ2v) is 8.22. The Kier molecular flexibility index (Phi) is 7.50. The maximum absolute atomic E-state index is 8.70. The molecule has 0 aliphatic carbocycles. The van der Waals surface area contributed by atoms with Gasteiger partial charge < -0.3 is 0 Å². The third kappa shape index (κ3) is 5.00. The van der Waals surface area contributed by atoms with Gasteiger partial charge >= 0.3 is 0 Å². The van der Waals surface area contributed by atoms with Gasteiger partial charge in [-0.05, 0) is 50.5 Å². The van der Waals surface area contributed by atoms with Crippen LogP contribution >= 0.6 is 0 Å². The molecule has 3 atom stereocenters. The molecule has 1 aromatic carbocycles. The van der Waals surface area contributed by atoms with E-state index in [4.69, 9.17) is 10.1 Å². The Balaban J connectivity index is 1.73. The Morgan fingerprint density at radius 2 is 2.11 bits per heavy atom. The normalized spacial score (nSPS) is 28.3. The van der Waals surface area contributed by atoms with Crippen molar-refractivity contribution in [2.75, 3.05) is 0 Å². The van der Waals surface area contributed by atoms with Gasteiger partial charge in [0.2, 0.25) is 0 Å². The first-order valence-corrected chi connectivity index (χ1v) is 10.8. The summed E-state index contributed by atoms with van der Waals surface area (Å²) in [6.07, 6.45) is 17.1. The highest BCUT2D eigenvalue weighted by Gasteiger charge is 2.51. The molecule has 2 aliphatic heterocycles. The first kappa shape index (κ1) is 20.1. The number of benzene rings is 1. The molecule has 2 saturated heterocycles. The predicted octanol–water partition coefficient (Wildman–Crippen LogP) is 6.49. The van der Waals surface area contributed by atoms with E-state index in [0.29, 0.717) is 6.04 Å². The molecule has 3 heteroatoms. The van der Waals surface area contributed by atoms with E-state index < -0.39 is 0 Å². The Hall–Kier alpha value is -1.63. The second kappa shape index (κ2) is 10.1. The lowest BCUT2D eigenvalue weighted by Crippen LogP contribution is -2.51. The van der Waals surface area contributed by atoms with Crippen LogP contribution in [0.15, 0.2) is 42.5 Å². The highest BCUT2D eigenvalue weighted by Crippen LogP contribution is 2.50. The maximum atomic E-state index is 8.70. The van der Waals surface area contributed by atoms with E-state index in [1.807, 2.05) is 6.08 Å². The molecule has 27 heavy (non-hydrogen) atoms. The van der Waals surface area contributed by atoms with E-state index in [0.717, 1.165) is 25.7 Å². The number of hydrogen-bond donors (Lipinski definition) is 0. The minimum absolute atomic E-state index is 0.177. The average molecular weight is 367 g/mol. The molecular formula is C24H34N2O. The van der Waals surface area contributed by atoms with Crippen LogP contribution in [0.3, 0.4) is 0 Å². The summed E-state index contributed by atoms with van der Waals surface area (Å²) in [5.74, 6) is 0. The minimum Gasteiger partial charge on any atom is -0.290 e. The van der Waals surface area contributed by atoms with Crippen molar-refractivity contribution in [3.05, 3.63) is 48.0 Å². The summed E-state index contributed by atoms with van der Waals surface area (Å²) in [6, 6.07) is 13.4. The van der Waals surface area contributed by atoms with E-state index >= 15 is 0 Å². The van der Waals surface area contributed by atoms with E-state index in [1.54, 1.807) is 6.08 Å². The number of allylic oxidation sites excluding steroid dienone is 2. The summed E-state index contributed by atoms with van der Waals surface area (Å²) < 4.78 is 0. The second-order valence-electron chi connectivity index (χ2n) is 8.22. The van der Waals surface area contributed by atoms with Crippen LogP contribution in [-0.4, -0.2) is 16.6 Å². The van der Waals surface area contributed by atoms with Gasteiger partial charge in [0.05, 0.1) is 6.07 Å². The topological polar surface area (TPSA) is 36.3 Å². The molecule has 3 nitrogen and oxygen atoms in total. The number of hydroxylamine groups is 2. The molecule has 0 aromatic heterocycles. The molecule has 0 bridgehead atoms. The summed E-state index contributed by atoms with van der Waals surface area (Å²) in [5.41, 5.74) is 1.49. The lowest BCUT2D eigenvalue weighted by atomic mass is 9.77. The highest BCUT2D eigenvalue weighted by atomic mass is 16.7. The van der Waals surface area contributed by atoms with E-state index in [-0.39, 0.29) is 11.6 Å². The van der Waals surface area contributed by atoms with E-state index in [1.165, 1.54) is 50.5 Å². The molecular weight excluding hydrogens is 332 g/mol. The molecule has 2 aliphatic rings. The Bertz CT molecular complexity index is 636. The first-order valence-electron chi connectivity index (χ1n) is 10.8. The van der Waals surface area contributed by atoms with Crippen molar-refractivity contribution in [2.45, 2.75) is 95.2 Å². The molecule has 0 radical (unpaired) electrons. The van der Waals surface area contributed by atoms with Crippen molar-refractivity contribution >= 4 is 0 Å². The number of rotatable bonds is 9. The fourth-order valence-corrected chi connectivity index (χ4v) is 4.95. The van der Waals surface area contributed by atoms with Gasteiger partial charge in [-0.3, -0.25) is 4.84 Å². The zero-order valence-corrected chi connectivity index (χ0v) is 16.8. The number of unbranched alkanes of at least 4 members (excludes halogenated alkanes) is 3. The maximum Gasteiger partial charge on any atom is 0.106 e. The van der Waals surface area contributed by atoms with Crippen LogP contribution in [-0.2, 0) is 4.84 Å². The monoisotopic (exact) mass is 366 g/mol. The van der Waals surface area contributed by atoms with Crippen LogP contribution in [0.5, 0.6) is 0 Å². The summed E-state index contributed by atoms with van der Waals surface area (Å²) in [4.78, 5) is 6.64. The summed E-state index contributed by atoms with van der Waals surface area (Å²) in [6.45, 7) is 2.28. The van der Waals surface area contributed by atoms with Gasteiger partial charge in [0.15, 0.2) is 0 Å². The SMILES string of the molecule is CCCCC[C@@H]1CCC[C@@]2(CCC/C=C\C#N)C[C@H](c3ccccc3)ON12. The molecule has 2 fully saturated rings. The fourth-order valence-electron chi connectivity index (χ4n) is 4.95. The van der Waals surface area contributed by atoms with Gasteiger partial charge in [0, 0.05) is 24.1 Å². The largest absolute Gasteiger partial charge is 0.290 e. The van der Waals surface area contributed by atoms with Gasteiger partial charge in [-0.1, -0.05) is 62.6 Å². The molecule has 0 N–H and O–H groups in total. The van der Waals surface area contributed by atoms with Crippen molar-refractivity contribution in [1.82, 2.24) is 5.06 Å². The van der Waals surface area contributed by atoms with Crippen molar-refractivity contribution < 1.29 is 4.84 Å². The number of piperidine rings is 1. The predicted molar refractivity (Wildman–Crippen MR) is 110 cm³/mol. The molecule has 1 aromatic rings. The number of nitriles is 1. The van der Waals surface area contributed by atoms with Crippen LogP contribution in [0.4, 0.5) is 0 Å². The molecule has 0 spiro atoms. The lowest BCUT2D eigenvalue weighted by molar-refractivity contribution is -0.232. The third-order valence-electron chi connectivity index (χ3n) is 6.30. The fraction of sp³-hybridized carbons (Fsp3) is 0.625.